The van der Waals surface area contributed by atoms with Gasteiger partial charge in [0.25, 0.3) is 0 Å². The third kappa shape index (κ3) is 3.87. The molecule has 0 saturated heterocycles. The summed E-state index contributed by atoms with van der Waals surface area (Å²) in [6.45, 7) is 0.0791. The van der Waals surface area contributed by atoms with Crippen LogP contribution in [0.2, 0.25) is 0 Å². The lowest BCUT2D eigenvalue weighted by molar-refractivity contribution is -0.121. The monoisotopic (exact) mass is 312 g/mol. The summed E-state index contributed by atoms with van der Waals surface area (Å²) in [6.07, 6.45) is 0.688. The minimum Gasteiger partial charge on any atom is -0.467 e. The van der Waals surface area contributed by atoms with Gasteiger partial charge in [-0.2, -0.15) is 0 Å². The van der Waals surface area contributed by atoms with E-state index in [2.05, 4.69) is 10.5 Å². The Bertz CT molecular complexity index is 750. The maximum atomic E-state index is 11.9. The van der Waals surface area contributed by atoms with E-state index < -0.39 is 6.10 Å². The first-order valence-electron chi connectivity index (χ1n) is 7.21. The molecule has 2 heterocycles. The molecule has 3 rings (SSSR count). The molecule has 0 radical (unpaired) electrons. The van der Waals surface area contributed by atoms with Gasteiger partial charge >= 0.3 is 0 Å². The number of hydrogen-bond donors (Lipinski definition) is 2. The molecule has 2 N–H and O–H groups in total. The molecule has 1 amide bonds. The highest BCUT2D eigenvalue weighted by Gasteiger charge is 2.14. The number of benzene rings is 1. The molecule has 23 heavy (non-hydrogen) atoms. The summed E-state index contributed by atoms with van der Waals surface area (Å²) in [6, 6.07) is 14.6. The van der Waals surface area contributed by atoms with Crippen LogP contribution < -0.4 is 5.32 Å². The molecule has 1 atom stereocenters. The average Bonchev–Trinajstić information content (AvgIpc) is 3.25. The second-order valence-electron chi connectivity index (χ2n) is 5.06. The standard InChI is InChI=1S/C17H16N2O4/c20-14(15-7-4-8-22-15)11-18-17(21)10-13-9-16(23-19-13)12-5-2-1-3-6-12/h1-9,14,20H,10-11H2,(H,18,21). The van der Waals surface area contributed by atoms with Gasteiger partial charge in [0.05, 0.1) is 24.9 Å². The fourth-order valence-electron chi connectivity index (χ4n) is 2.15. The molecule has 0 spiro atoms. The first kappa shape index (κ1) is 15.1. The Hall–Kier alpha value is -2.86. The zero-order valence-electron chi connectivity index (χ0n) is 12.3. The lowest BCUT2D eigenvalue weighted by Gasteiger charge is -2.08. The first-order chi connectivity index (χ1) is 11.2. The van der Waals surface area contributed by atoms with Gasteiger partial charge in [0.2, 0.25) is 5.91 Å². The van der Waals surface area contributed by atoms with Crippen LogP contribution in [0.1, 0.15) is 17.6 Å². The van der Waals surface area contributed by atoms with Crippen molar-refractivity contribution < 1.29 is 18.8 Å². The van der Waals surface area contributed by atoms with Crippen LogP contribution in [0, 0.1) is 0 Å². The van der Waals surface area contributed by atoms with E-state index in [1.807, 2.05) is 30.3 Å². The van der Waals surface area contributed by atoms with Crippen LogP contribution in [0.25, 0.3) is 11.3 Å². The summed E-state index contributed by atoms with van der Waals surface area (Å²) < 4.78 is 10.3. The van der Waals surface area contributed by atoms with E-state index in [-0.39, 0.29) is 18.9 Å². The van der Waals surface area contributed by atoms with Gasteiger partial charge < -0.3 is 19.4 Å². The van der Waals surface area contributed by atoms with Gasteiger partial charge in [-0.3, -0.25) is 4.79 Å². The van der Waals surface area contributed by atoms with E-state index in [0.29, 0.717) is 17.2 Å². The van der Waals surface area contributed by atoms with E-state index in [4.69, 9.17) is 8.94 Å². The number of nitrogens with one attached hydrogen (secondary N) is 1. The van der Waals surface area contributed by atoms with Crippen LogP contribution >= 0.6 is 0 Å². The molecule has 0 aliphatic heterocycles. The Kier molecular flexibility index (Phi) is 4.54. The van der Waals surface area contributed by atoms with Crippen molar-refractivity contribution in [2.24, 2.45) is 0 Å². The first-order valence-corrected chi connectivity index (χ1v) is 7.21. The van der Waals surface area contributed by atoms with Crippen LogP contribution in [0.3, 0.4) is 0 Å². The molecule has 0 bridgehead atoms. The number of amides is 1. The second-order valence-corrected chi connectivity index (χ2v) is 5.06. The van der Waals surface area contributed by atoms with Gasteiger partial charge in [-0.05, 0) is 12.1 Å². The molecule has 6 nitrogen and oxygen atoms in total. The van der Waals surface area contributed by atoms with Gasteiger partial charge in [-0.15, -0.1) is 0 Å². The fourth-order valence-corrected chi connectivity index (χ4v) is 2.15. The lowest BCUT2D eigenvalue weighted by Crippen LogP contribution is -2.29. The van der Waals surface area contributed by atoms with Crippen molar-refractivity contribution in [2.75, 3.05) is 6.54 Å². The maximum Gasteiger partial charge on any atom is 0.226 e. The smallest absolute Gasteiger partial charge is 0.226 e. The van der Waals surface area contributed by atoms with E-state index in [1.54, 1.807) is 18.2 Å². The summed E-state index contributed by atoms with van der Waals surface area (Å²) >= 11 is 0. The molecule has 1 unspecified atom stereocenters. The van der Waals surface area contributed by atoms with Gasteiger partial charge in [-0.1, -0.05) is 35.5 Å². The van der Waals surface area contributed by atoms with Crippen molar-refractivity contribution >= 4 is 5.91 Å². The highest BCUT2D eigenvalue weighted by Crippen LogP contribution is 2.19. The number of nitrogens with zero attached hydrogens (tertiary/aromatic N) is 1. The van der Waals surface area contributed by atoms with Crippen molar-refractivity contribution in [1.82, 2.24) is 10.5 Å². The number of aliphatic hydroxyl groups is 1. The van der Waals surface area contributed by atoms with Gasteiger partial charge in [0.1, 0.15) is 11.9 Å². The highest BCUT2D eigenvalue weighted by molar-refractivity contribution is 5.78. The molecule has 1 aromatic carbocycles. The van der Waals surface area contributed by atoms with Crippen molar-refractivity contribution in [1.29, 1.82) is 0 Å². The lowest BCUT2D eigenvalue weighted by atomic mass is 10.1. The fraction of sp³-hybridized carbons (Fsp3) is 0.176. The predicted octanol–water partition coefficient (Wildman–Crippen LogP) is 2.33. The Labute approximate surface area is 132 Å². The molecular formula is C17H16N2O4. The van der Waals surface area contributed by atoms with Gasteiger partial charge in [0, 0.05) is 11.6 Å². The van der Waals surface area contributed by atoms with Gasteiger partial charge in [-0.25, -0.2) is 0 Å². The van der Waals surface area contributed by atoms with E-state index in [9.17, 15) is 9.90 Å². The summed E-state index contributed by atoms with van der Waals surface area (Å²) in [5, 5.41) is 16.4. The summed E-state index contributed by atoms with van der Waals surface area (Å²) in [5.41, 5.74) is 1.44. The summed E-state index contributed by atoms with van der Waals surface area (Å²) in [5.74, 6) is 0.783. The quantitative estimate of drug-likeness (QED) is 0.729. The zero-order chi connectivity index (χ0) is 16.1. The number of carbonyl (C=O) groups is 1. The van der Waals surface area contributed by atoms with Crippen LogP contribution in [0.5, 0.6) is 0 Å². The Morgan fingerprint density at radius 3 is 2.78 bits per heavy atom. The number of hydrogen-bond acceptors (Lipinski definition) is 5. The molecule has 0 aliphatic rings. The van der Waals surface area contributed by atoms with E-state index >= 15 is 0 Å². The number of rotatable bonds is 6. The third-order valence-corrected chi connectivity index (χ3v) is 3.32. The van der Waals surface area contributed by atoms with Gasteiger partial charge in [0.15, 0.2) is 5.76 Å². The number of carbonyl (C=O) groups excluding carboxylic acids is 1. The molecule has 0 saturated carbocycles. The molecule has 0 fully saturated rings. The molecule has 118 valence electrons. The third-order valence-electron chi connectivity index (χ3n) is 3.32. The summed E-state index contributed by atoms with van der Waals surface area (Å²) in [7, 11) is 0. The Balaban J connectivity index is 1.53. The number of aromatic nitrogens is 1. The molecule has 2 aromatic heterocycles. The Morgan fingerprint density at radius 1 is 1.22 bits per heavy atom. The van der Waals surface area contributed by atoms with Crippen molar-refractivity contribution in [3.8, 4) is 11.3 Å². The van der Waals surface area contributed by atoms with Crippen LogP contribution in [0.15, 0.2) is 63.7 Å². The van der Waals surface area contributed by atoms with Crippen molar-refractivity contribution in [3.05, 3.63) is 66.2 Å². The number of furan rings is 1. The SMILES string of the molecule is O=C(Cc1cc(-c2ccccc2)on1)NCC(O)c1ccco1. The zero-order valence-corrected chi connectivity index (χ0v) is 12.3. The van der Waals surface area contributed by atoms with E-state index in [0.717, 1.165) is 5.56 Å². The average molecular weight is 312 g/mol. The maximum absolute atomic E-state index is 11.9. The normalized spacial score (nSPS) is 12.0. The van der Waals surface area contributed by atoms with Crippen LogP contribution in [-0.2, 0) is 11.2 Å². The minimum atomic E-state index is -0.869. The van der Waals surface area contributed by atoms with E-state index in [1.165, 1.54) is 6.26 Å². The molecular weight excluding hydrogens is 296 g/mol. The topological polar surface area (TPSA) is 88.5 Å². The molecule has 0 aliphatic carbocycles. The van der Waals surface area contributed by atoms with Crippen LogP contribution in [-0.4, -0.2) is 22.7 Å². The summed E-state index contributed by atoms with van der Waals surface area (Å²) in [4.78, 5) is 11.9. The van der Waals surface area contributed by atoms with Crippen molar-refractivity contribution in [3.63, 3.8) is 0 Å². The largest absolute Gasteiger partial charge is 0.467 e. The molecule has 3 aromatic rings. The van der Waals surface area contributed by atoms with Crippen molar-refractivity contribution in [2.45, 2.75) is 12.5 Å². The number of aliphatic hydroxyl groups excluding tert-OH is 1. The predicted molar refractivity (Wildman–Crippen MR) is 82.3 cm³/mol. The Morgan fingerprint density at radius 2 is 2.04 bits per heavy atom. The molecule has 6 heteroatoms. The van der Waals surface area contributed by atoms with Crippen LogP contribution in [0.4, 0.5) is 0 Å². The highest BCUT2D eigenvalue weighted by atomic mass is 16.5. The second kappa shape index (κ2) is 6.93. The minimum absolute atomic E-state index is 0.0791.